The lowest BCUT2D eigenvalue weighted by Gasteiger charge is -2.27. The van der Waals surface area contributed by atoms with E-state index < -0.39 is 7.26 Å². The number of nitriles is 1. The van der Waals surface area contributed by atoms with E-state index in [1.807, 2.05) is 0 Å². The minimum absolute atomic E-state index is 1.29. The van der Waals surface area contributed by atoms with Gasteiger partial charge in [-0.15, -0.1) is 0 Å². The summed E-state index contributed by atoms with van der Waals surface area (Å²) in [6, 6.07) is 42.1. The van der Waals surface area contributed by atoms with Gasteiger partial charge in [0.05, 0.1) is 0 Å². The van der Waals surface area contributed by atoms with Gasteiger partial charge in [0.2, 0.25) is 0 Å². The Kier molecular flexibility index (Phi) is 7.14. The van der Waals surface area contributed by atoms with Crippen LogP contribution in [0.25, 0.3) is 0 Å². The second-order valence-electron chi connectivity index (χ2n) is 6.60. The molecule has 1 nitrogen and oxygen atoms in total. The van der Waals surface area contributed by atoms with Crippen LogP contribution in [-0.4, -0.2) is 0 Å². The van der Waals surface area contributed by atoms with E-state index >= 15 is 0 Å². The smallest absolute Gasteiger partial charge is 0.144 e. The van der Waals surface area contributed by atoms with Crippen LogP contribution in [-0.2, 0) is 12.6 Å². The van der Waals surface area contributed by atoms with Crippen molar-refractivity contribution in [3.05, 3.63) is 121 Å². The zero-order valence-electron chi connectivity index (χ0n) is 16.3. The Morgan fingerprint density at radius 3 is 1.14 bits per heavy atom. The second-order valence-corrected chi connectivity index (χ2v) is 10.2. The first kappa shape index (κ1) is 20.7. The molecule has 0 atom stereocenters. The van der Waals surface area contributed by atoms with Crippen LogP contribution in [0.15, 0.2) is 115 Å². The Balaban J connectivity index is 0.000000755. The summed E-state index contributed by atoms with van der Waals surface area (Å²) in [5, 5.41) is 14.0. The first-order chi connectivity index (χ1) is 14.2. The second kappa shape index (κ2) is 9.99. The molecule has 0 heterocycles. The molecule has 0 aromatic heterocycles. The summed E-state index contributed by atoms with van der Waals surface area (Å²) in [4.78, 5) is 0. The van der Waals surface area contributed by atoms with Crippen LogP contribution in [0.1, 0.15) is 5.56 Å². The molecule has 0 bridgehead atoms. The molecular formula is C26H22NPS. The summed E-state index contributed by atoms with van der Waals surface area (Å²) >= 11 is 3.70. The van der Waals surface area contributed by atoms with Gasteiger partial charge in [0.1, 0.15) is 28.5 Å². The highest BCUT2D eigenvalue weighted by Crippen LogP contribution is 2.54. The third kappa shape index (κ3) is 4.38. The summed E-state index contributed by atoms with van der Waals surface area (Å²) < 4.78 is 0. The number of thiocyanates is 1. The molecule has 0 saturated heterocycles. The van der Waals surface area contributed by atoms with Crippen LogP contribution in [0.3, 0.4) is 0 Å². The lowest BCUT2D eigenvalue weighted by Crippen LogP contribution is -2.38. The molecule has 0 radical (unpaired) electrons. The number of aryl methyl sites for hydroxylation is 1. The zero-order valence-corrected chi connectivity index (χ0v) is 18.0. The summed E-state index contributed by atoms with van der Waals surface area (Å²) in [6.45, 7) is 2.15. The molecule has 142 valence electrons. The Morgan fingerprint density at radius 2 is 0.828 bits per heavy atom. The van der Waals surface area contributed by atoms with Crippen LogP contribution in [0.2, 0.25) is 0 Å². The largest absolute Gasteiger partial charge is 0.696 e. The van der Waals surface area contributed by atoms with E-state index in [9.17, 15) is 0 Å². The summed E-state index contributed by atoms with van der Waals surface area (Å²) in [7, 11) is -1.93. The number of benzene rings is 4. The minimum atomic E-state index is -1.93. The van der Waals surface area contributed by atoms with Crippen molar-refractivity contribution in [3.8, 4) is 5.40 Å². The Bertz CT molecular complexity index is 960. The Labute approximate surface area is 179 Å². The maximum atomic E-state index is 7.13. The van der Waals surface area contributed by atoms with Crippen LogP contribution >= 0.6 is 7.26 Å². The van der Waals surface area contributed by atoms with E-state index in [2.05, 4.69) is 135 Å². The van der Waals surface area contributed by atoms with Gasteiger partial charge < -0.3 is 12.6 Å². The molecule has 0 fully saturated rings. The number of nitrogens with zero attached hydrogens (tertiary/aromatic N) is 1. The SMILES string of the molecule is Cc1ccc([P+](c2ccccc2)(c2ccccc2)c2ccccc2)cc1.N#C[S-]. The van der Waals surface area contributed by atoms with Gasteiger partial charge in [-0.2, -0.15) is 0 Å². The molecule has 4 aromatic rings. The van der Waals surface area contributed by atoms with Gasteiger partial charge in [-0.05, 0) is 55.5 Å². The van der Waals surface area contributed by atoms with Gasteiger partial charge in [-0.3, -0.25) is 0 Å². The lowest BCUT2D eigenvalue weighted by atomic mass is 10.2. The maximum Gasteiger partial charge on any atom is 0.144 e. The van der Waals surface area contributed by atoms with Crippen LogP contribution in [0, 0.1) is 17.6 Å². The first-order valence-electron chi connectivity index (χ1n) is 9.38. The zero-order chi connectivity index (χ0) is 20.5. The van der Waals surface area contributed by atoms with Crippen molar-refractivity contribution in [2.45, 2.75) is 6.92 Å². The maximum absolute atomic E-state index is 7.13. The fourth-order valence-electron chi connectivity index (χ4n) is 3.62. The molecule has 0 aliphatic rings. The van der Waals surface area contributed by atoms with Gasteiger partial charge in [0.15, 0.2) is 0 Å². The predicted octanol–water partition coefficient (Wildman–Crippen LogP) is 4.63. The van der Waals surface area contributed by atoms with Crippen molar-refractivity contribution in [1.29, 1.82) is 5.26 Å². The average Bonchev–Trinajstić information content (AvgIpc) is 2.78. The normalized spacial score (nSPS) is 10.3. The molecule has 0 saturated carbocycles. The molecule has 0 aliphatic heterocycles. The third-order valence-electron chi connectivity index (χ3n) is 4.85. The molecule has 0 amide bonds. The third-order valence-corrected chi connectivity index (χ3v) is 9.14. The first-order valence-corrected chi connectivity index (χ1v) is 11.6. The monoisotopic (exact) mass is 411 g/mol. The molecule has 4 rings (SSSR count). The summed E-state index contributed by atoms with van der Waals surface area (Å²) in [6.07, 6.45) is 0. The summed E-state index contributed by atoms with van der Waals surface area (Å²) in [5.74, 6) is 0. The molecule has 0 N–H and O–H groups in total. The highest BCUT2D eigenvalue weighted by atomic mass is 32.1. The van der Waals surface area contributed by atoms with Gasteiger partial charge >= 0.3 is 0 Å². The topological polar surface area (TPSA) is 23.8 Å². The quantitative estimate of drug-likeness (QED) is 0.278. The molecule has 0 spiro atoms. The fraction of sp³-hybridized carbons (Fsp3) is 0.0385. The molecule has 0 unspecified atom stereocenters. The minimum Gasteiger partial charge on any atom is -0.696 e. The van der Waals surface area contributed by atoms with E-state index in [0.29, 0.717) is 0 Å². The van der Waals surface area contributed by atoms with Crippen LogP contribution in [0.4, 0.5) is 0 Å². The standard InChI is InChI=1S/C25H22P.CHNS/c1-21-17-19-25(20-18-21)26(22-11-5-2-6-12-22,23-13-7-3-8-14-23)24-15-9-4-10-16-24;2-1-3/h2-20H,1H3;3H/q+1;/p-1. The molecule has 3 heteroatoms. The summed E-state index contributed by atoms with van der Waals surface area (Å²) in [5.41, 5.74) is 1.29. The van der Waals surface area contributed by atoms with Gasteiger partial charge in [-0.1, -0.05) is 77.7 Å². The van der Waals surface area contributed by atoms with Gasteiger partial charge in [0, 0.05) is 0 Å². The van der Waals surface area contributed by atoms with Gasteiger partial charge in [-0.25, -0.2) is 5.26 Å². The number of rotatable bonds is 4. The molecule has 0 aliphatic carbocycles. The van der Waals surface area contributed by atoms with Crippen molar-refractivity contribution < 1.29 is 0 Å². The predicted molar refractivity (Wildman–Crippen MR) is 129 cm³/mol. The van der Waals surface area contributed by atoms with Crippen molar-refractivity contribution in [2.75, 3.05) is 0 Å². The van der Waals surface area contributed by atoms with Crippen LogP contribution in [0.5, 0.6) is 0 Å². The molecule has 29 heavy (non-hydrogen) atoms. The van der Waals surface area contributed by atoms with E-state index in [0.717, 1.165) is 0 Å². The van der Waals surface area contributed by atoms with E-state index in [-0.39, 0.29) is 0 Å². The van der Waals surface area contributed by atoms with Crippen molar-refractivity contribution in [1.82, 2.24) is 0 Å². The number of hydrogen-bond donors (Lipinski definition) is 0. The fourth-order valence-corrected chi connectivity index (χ4v) is 7.86. The highest BCUT2D eigenvalue weighted by molar-refractivity contribution is 8.01. The number of hydrogen-bond acceptors (Lipinski definition) is 2. The van der Waals surface area contributed by atoms with Crippen molar-refractivity contribution >= 4 is 41.1 Å². The lowest BCUT2D eigenvalue weighted by molar-refractivity contribution is 1.49. The average molecular weight is 412 g/mol. The Hall–Kier alpha value is -2.98. The van der Waals surface area contributed by atoms with Crippen molar-refractivity contribution in [2.24, 2.45) is 0 Å². The van der Waals surface area contributed by atoms with Gasteiger partial charge in [0.25, 0.3) is 0 Å². The Morgan fingerprint density at radius 1 is 0.552 bits per heavy atom. The van der Waals surface area contributed by atoms with Crippen LogP contribution < -0.4 is 21.2 Å². The highest BCUT2D eigenvalue weighted by Gasteiger charge is 2.47. The van der Waals surface area contributed by atoms with Crippen molar-refractivity contribution in [3.63, 3.8) is 0 Å². The molecular weight excluding hydrogens is 389 g/mol. The van der Waals surface area contributed by atoms with E-state index in [1.54, 1.807) is 0 Å². The molecule has 4 aromatic carbocycles. The van der Waals surface area contributed by atoms with E-state index in [4.69, 9.17) is 5.26 Å². The van der Waals surface area contributed by atoms with E-state index in [1.165, 1.54) is 32.2 Å².